The van der Waals surface area contributed by atoms with Crippen LogP contribution in [0.1, 0.15) is 32.2 Å². The molecular formula is C14H19N3S. The summed E-state index contributed by atoms with van der Waals surface area (Å²) in [5, 5.41) is 0. The minimum atomic E-state index is 0.0949. The molecule has 4 heteroatoms. The fraction of sp³-hybridized carbons (Fsp3) is 0.429. The molecule has 0 atom stereocenters. The van der Waals surface area contributed by atoms with E-state index < -0.39 is 0 Å². The Morgan fingerprint density at radius 3 is 2.72 bits per heavy atom. The van der Waals surface area contributed by atoms with Gasteiger partial charge in [0.2, 0.25) is 0 Å². The molecule has 0 aliphatic rings. The van der Waals surface area contributed by atoms with E-state index in [9.17, 15) is 0 Å². The Balaban J connectivity index is 2.20. The summed E-state index contributed by atoms with van der Waals surface area (Å²) in [6.07, 6.45) is 4.74. The molecular weight excluding hydrogens is 242 g/mol. The van der Waals surface area contributed by atoms with Gasteiger partial charge in [0.1, 0.15) is 0 Å². The lowest BCUT2D eigenvalue weighted by molar-refractivity contribution is 0.512. The third kappa shape index (κ3) is 2.88. The molecule has 2 rings (SSSR count). The van der Waals surface area contributed by atoms with Gasteiger partial charge in [-0.15, -0.1) is 0 Å². The number of nitrogens with zero attached hydrogens (tertiary/aromatic N) is 2. The molecule has 18 heavy (non-hydrogen) atoms. The van der Waals surface area contributed by atoms with E-state index in [1.165, 1.54) is 5.69 Å². The molecule has 0 saturated heterocycles. The Hall–Kier alpha value is -1.42. The molecule has 96 valence electrons. The first-order chi connectivity index (χ1) is 8.48. The fourth-order valence-electron chi connectivity index (χ4n) is 2.01. The third-order valence-electron chi connectivity index (χ3n) is 2.95. The van der Waals surface area contributed by atoms with Gasteiger partial charge < -0.3 is 9.55 Å². The normalized spacial score (nSPS) is 11.7. The molecule has 0 fully saturated rings. The average molecular weight is 261 g/mol. The zero-order valence-electron chi connectivity index (χ0n) is 11.1. The van der Waals surface area contributed by atoms with Crippen molar-refractivity contribution >= 4 is 12.2 Å². The predicted octanol–water partition coefficient (Wildman–Crippen LogP) is 3.48. The lowest BCUT2D eigenvalue weighted by atomic mass is 9.92. The molecule has 0 aliphatic carbocycles. The first kappa shape index (κ1) is 13.0. The van der Waals surface area contributed by atoms with Gasteiger partial charge in [0.25, 0.3) is 0 Å². The Morgan fingerprint density at radius 1 is 1.33 bits per heavy atom. The van der Waals surface area contributed by atoms with Crippen LogP contribution in [-0.2, 0) is 18.4 Å². The molecule has 0 saturated carbocycles. The second kappa shape index (κ2) is 5.06. The minimum Gasteiger partial charge on any atom is -0.337 e. The molecule has 0 amide bonds. The molecule has 0 radical (unpaired) electrons. The summed E-state index contributed by atoms with van der Waals surface area (Å²) in [7, 11) is 0. The molecule has 0 aromatic carbocycles. The molecule has 3 nitrogen and oxygen atoms in total. The van der Waals surface area contributed by atoms with Crippen molar-refractivity contribution in [1.82, 2.24) is 14.5 Å². The number of aromatic amines is 1. The van der Waals surface area contributed by atoms with Crippen LogP contribution in [0.25, 0.3) is 0 Å². The van der Waals surface area contributed by atoms with Crippen LogP contribution in [0.4, 0.5) is 0 Å². The minimum absolute atomic E-state index is 0.0949. The highest BCUT2D eigenvalue weighted by atomic mass is 32.1. The first-order valence-electron chi connectivity index (χ1n) is 6.17. The van der Waals surface area contributed by atoms with Gasteiger partial charge in [-0.25, -0.2) is 0 Å². The lowest BCUT2D eigenvalue weighted by Gasteiger charge is -2.20. The molecule has 1 N–H and O–H groups in total. The Kier molecular flexibility index (Phi) is 3.66. The summed E-state index contributed by atoms with van der Waals surface area (Å²) in [5.41, 5.74) is 2.43. The van der Waals surface area contributed by atoms with Crippen molar-refractivity contribution in [3.8, 4) is 0 Å². The summed E-state index contributed by atoms with van der Waals surface area (Å²) < 4.78 is 2.96. The van der Waals surface area contributed by atoms with Gasteiger partial charge in [0.15, 0.2) is 4.77 Å². The molecule has 0 spiro atoms. The average Bonchev–Trinajstić information content (AvgIpc) is 2.69. The van der Waals surface area contributed by atoms with E-state index in [1.807, 2.05) is 30.6 Å². The van der Waals surface area contributed by atoms with E-state index in [0.29, 0.717) is 0 Å². The van der Waals surface area contributed by atoms with Gasteiger partial charge in [-0.2, -0.15) is 0 Å². The van der Waals surface area contributed by atoms with Crippen molar-refractivity contribution < 1.29 is 0 Å². The number of imidazole rings is 1. The maximum atomic E-state index is 5.34. The highest BCUT2D eigenvalue weighted by molar-refractivity contribution is 7.71. The lowest BCUT2D eigenvalue weighted by Crippen LogP contribution is -2.18. The first-order valence-corrected chi connectivity index (χ1v) is 6.58. The molecule has 2 aromatic heterocycles. The number of aromatic nitrogens is 3. The zero-order valence-corrected chi connectivity index (χ0v) is 11.9. The zero-order chi connectivity index (χ0) is 13.2. The fourth-order valence-corrected chi connectivity index (χ4v) is 2.26. The smallest absolute Gasteiger partial charge is 0.177 e. The van der Waals surface area contributed by atoms with E-state index >= 15 is 0 Å². The summed E-state index contributed by atoms with van der Waals surface area (Å²) in [6, 6.07) is 6.00. The maximum absolute atomic E-state index is 5.34. The van der Waals surface area contributed by atoms with Gasteiger partial charge in [-0.3, -0.25) is 4.98 Å². The third-order valence-corrected chi connectivity index (χ3v) is 3.29. The van der Waals surface area contributed by atoms with E-state index in [0.717, 1.165) is 23.4 Å². The largest absolute Gasteiger partial charge is 0.337 e. The van der Waals surface area contributed by atoms with Crippen LogP contribution in [0.15, 0.2) is 30.6 Å². The second-order valence-electron chi connectivity index (χ2n) is 5.45. The summed E-state index contributed by atoms with van der Waals surface area (Å²) >= 11 is 5.34. The predicted molar refractivity (Wildman–Crippen MR) is 76.3 cm³/mol. The van der Waals surface area contributed by atoms with Crippen molar-refractivity contribution in [3.05, 3.63) is 46.8 Å². The Bertz CT molecular complexity index is 561. The monoisotopic (exact) mass is 261 g/mol. The molecule has 0 bridgehead atoms. The highest BCUT2D eigenvalue weighted by Crippen LogP contribution is 2.22. The van der Waals surface area contributed by atoms with Crippen molar-refractivity contribution in [2.75, 3.05) is 0 Å². The van der Waals surface area contributed by atoms with Crippen molar-refractivity contribution in [3.63, 3.8) is 0 Å². The molecule has 2 aromatic rings. The molecule has 0 unspecified atom stereocenters. The van der Waals surface area contributed by atoms with Gasteiger partial charge in [-0.05, 0) is 24.4 Å². The van der Waals surface area contributed by atoms with Crippen LogP contribution in [0.5, 0.6) is 0 Å². The van der Waals surface area contributed by atoms with Crippen LogP contribution in [0.2, 0.25) is 0 Å². The van der Waals surface area contributed by atoms with Crippen molar-refractivity contribution in [2.24, 2.45) is 0 Å². The SMILES string of the molecule is CC(C)(C)c1c[nH]c(=S)n1CCc1ccccn1. The van der Waals surface area contributed by atoms with E-state index in [4.69, 9.17) is 12.2 Å². The summed E-state index contributed by atoms with van der Waals surface area (Å²) in [5.74, 6) is 0. The van der Waals surface area contributed by atoms with E-state index in [-0.39, 0.29) is 5.41 Å². The maximum Gasteiger partial charge on any atom is 0.177 e. The summed E-state index contributed by atoms with van der Waals surface area (Å²) in [6.45, 7) is 7.46. The second-order valence-corrected chi connectivity index (χ2v) is 5.84. The Morgan fingerprint density at radius 2 is 2.11 bits per heavy atom. The van der Waals surface area contributed by atoms with Crippen LogP contribution < -0.4 is 0 Å². The Labute approximate surface area is 113 Å². The number of hydrogen-bond donors (Lipinski definition) is 1. The number of nitrogens with one attached hydrogen (secondary N) is 1. The van der Waals surface area contributed by atoms with Crippen LogP contribution in [0.3, 0.4) is 0 Å². The van der Waals surface area contributed by atoms with Gasteiger partial charge in [0, 0.05) is 42.2 Å². The number of hydrogen-bond acceptors (Lipinski definition) is 2. The number of aryl methyl sites for hydroxylation is 1. The van der Waals surface area contributed by atoms with E-state index in [2.05, 4.69) is 35.3 Å². The number of pyridine rings is 1. The van der Waals surface area contributed by atoms with Crippen molar-refractivity contribution in [1.29, 1.82) is 0 Å². The quantitative estimate of drug-likeness (QED) is 0.858. The van der Waals surface area contributed by atoms with Crippen molar-refractivity contribution in [2.45, 2.75) is 39.2 Å². The number of rotatable bonds is 3. The van der Waals surface area contributed by atoms with Crippen LogP contribution >= 0.6 is 12.2 Å². The van der Waals surface area contributed by atoms with Gasteiger partial charge >= 0.3 is 0 Å². The topological polar surface area (TPSA) is 33.6 Å². The van der Waals surface area contributed by atoms with Crippen LogP contribution in [-0.4, -0.2) is 14.5 Å². The van der Waals surface area contributed by atoms with Crippen LogP contribution in [0, 0.1) is 4.77 Å². The summed E-state index contributed by atoms with van der Waals surface area (Å²) in [4.78, 5) is 7.48. The molecule has 0 aliphatic heterocycles. The van der Waals surface area contributed by atoms with E-state index in [1.54, 1.807) is 0 Å². The number of H-pyrrole nitrogens is 1. The van der Waals surface area contributed by atoms with Gasteiger partial charge in [0.05, 0.1) is 0 Å². The highest BCUT2D eigenvalue weighted by Gasteiger charge is 2.18. The standard InChI is InChI=1S/C14H19N3S/c1-14(2,3)12-10-16-13(18)17(12)9-7-11-6-4-5-8-15-11/h4-6,8,10H,7,9H2,1-3H3,(H,16,18). The molecule has 2 heterocycles. The van der Waals surface area contributed by atoms with Gasteiger partial charge in [-0.1, -0.05) is 26.8 Å².